The highest BCUT2D eigenvalue weighted by Gasteiger charge is 2.29. The lowest BCUT2D eigenvalue weighted by molar-refractivity contribution is -0.128. The topological polar surface area (TPSA) is 32.3 Å². The molecule has 0 bridgehead atoms. The van der Waals surface area contributed by atoms with Gasteiger partial charge in [-0.3, -0.25) is 4.79 Å². The van der Waals surface area contributed by atoms with Crippen LogP contribution in [0.2, 0.25) is 0 Å². The molecule has 0 saturated carbocycles. The molecule has 0 aromatic carbocycles. The molecule has 0 aromatic heterocycles. The number of amides is 1. The van der Waals surface area contributed by atoms with Crippen molar-refractivity contribution in [1.82, 2.24) is 10.2 Å². The van der Waals surface area contributed by atoms with Crippen molar-refractivity contribution in [2.75, 3.05) is 13.6 Å². The molecule has 1 aliphatic rings. The lowest BCUT2D eigenvalue weighted by atomic mass is 10.1. The second kappa shape index (κ2) is 5.35. The number of unbranched alkanes of at least 4 members (excludes halogenated alkanes) is 1. The summed E-state index contributed by atoms with van der Waals surface area (Å²) in [6.07, 6.45) is 4.60. The maximum absolute atomic E-state index is 11.6. The van der Waals surface area contributed by atoms with E-state index in [1.807, 2.05) is 11.9 Å². The summed E-state index contributed by atoms with van der Waals surface area (Å²) in [5, 5.41) is 3.40. The van der Waals surface area contributed by atoms with Gasteiger partial charge in [0.2, 0.25) is 5.91 Å². The quantitative estimate of drug-likeness (QED) is 0.724. The minimum Gasteiger partial charge on any atom is -0.344 e. The van der Waals surface area contributed by atoms with Crippen LogP contribution in [-0.4, -0.2) is 36.5 Å². The predicted molar refractivity (Wildman–Crippen MR) is 58.2 cm³/mol. The Kier molecular flexibility index (Phi) is 4.39. The highest BCUT2D eigenvalue weighted by Crippen LogP contribution is 2.10. The summed E-state index contributed by atoms with van der Waals surface area (Å²) in [5.74, 6) is 0.258. The molecule has 3 heteroatoms. The SMILES string of the molecule is CCCCC(C)NC1CCN(C)C1=O. The molecule has 1 amide bonds. The first kappa shape index (κ1) is 11.5. The molecule has 3 nitrogen and oxygen atoms in total. The summed E-state index contributed by atoms with van der Waals surface area (Å²) in [4.78, 5) is 13.4. The fourth-order valence-electron chi connectivity index (χ4n) is 1.91. The van der Waals surface area contributed by atoms with Crippen molar-refractivity contribution in [1.29, 1.82) is 0 Å². The maximum Gasteiger partial charge on any atom is 0.239 e. The average Bonchev–Trinajstić information content (AvgIpc) is 2.46. The van der Waals surface area contributed by atoms with Crippen LogP contribution in [0.25, 0.3) is 0 Å². The largest absolute Gasteiger partial charge is 0.344 e. The summed E-state index contributed by atoms with van der Waals surface area (Å²) in [5.41, 5.74) is 0. The van der Waals surface area contributed by atoms with E-state index in [-0.39, 0.29) is 11.9 Å². The van der Waals surface area contributed by atoms with Crippen LogP contribution in [0.5, 0.6) is 0 Å². The second-order valence-electron chi connectivity index (χ2n) is 4.31. The number of nitrogens with zero attached hydrogens (tertiary/aromatic N) is 1. The van der Waals surface area contributed by atoms with Crippen LogP contribution < -0.4 is 5.32 Å². The number of nitrogens with one attached hydrogen (secondary N) is 1. The van der Waals surface area contributed by atoms with E-state index in [1.54, 1.807) is 0 Å². The van der Waals surface area contributed by atoms with Gasteiger partial charge < -0.3 is 10.2 Å². The number of hydrogen-bond donors (Lipinski definition) is 1. The van der Waals surface area contributed by atoms with Gasteiger partial charge in [-0.05, 0) is 19.8 Å². The van der Waals surface area contributed by atoms with Crippen molar-refractivity contribution in [3.63, 3.8) is 0 Å². The van der Waals surface area contributed by atoms with Crippen LogP contribution in [-0.2, 0) is 4.79 Å². The Labute approximate surface area is 86.9 Å². The van der Waals surface area contributed by atoms with Crippen LogP contribution in [0.4, 0.5) is 0 Å². The molecule has 2 atom stereocenters. The number of likely N-dealkylation sites (tertiary alicyclic amines) is 1. The van der Waals surface area contributed by atoms with E-state index in [0.717, 1.165) is 13.0 Å². The first-order valence-electron chi connectivity index (χ1n) is 5.66. The van der Waals surface area contributed by atoms with E-state index < -0.39 is 0 Å². The molecule has 0 aromatic rings. The molecule has 0 radical (unpaired) electrons. The highest BCUT2D eigenvalue weighted by atomic mass is 16.2. The molecule has 1 N–H and O–H groups in total. The van der Waals surface area contributed by atoms with E-state index in [0.29, 0.717) is 6.04 Å². The fraction of sp³-hybridized carbons (Fsp3) is 0.909. The standard InChI is InChI=1S/C11H22N2O/c1-4-5-6-9(2)12-10-7-8-13(3)11(10)14/h9-10,12H,4-8H2,1-3H3. The first-order valence-corrected chi connectivity index (χ1v) is 5.66. The number of likely N-dealkylation sites (N-methyl/N-ethyl adjacent to an activating group) is 1. The number of carbonyl (C=O) groups is 1. The number of hydrogen-bond acceptors (Lipinski definition) is 2. The molecular formula is C11H22N2O. The fourth-order valence-corrected chi connectivity index (χ4v) is 1.91. The zero-order valence-electron chi connectivity index (χ0n) is 9.55. The van der Waals surface area contributed by atoms with Gasteiger partial charge in [0.1, 0.15) is 0 Å². The van der Waals surface area contributed by atoms with Crippen molar-refractivity contribution in [3.05, 3.63) is 0 Å². The van der Waals surface area contributed by atoms with E-state index in [4.69, 9.17) is 0 Å². The van der Waals surface area contributed by atoms with E-state index in [2.05, 4.69) is 19.2 Å². The Balaban J connectivity index is 2.26. The predicted octanol–water partition coefficient (Wildman–Crippen LogP) is 1.39. The van der Waals surface area contributed by atoms with Gasteiger partial charge in [-0.15, -0.1) is 0 Å². The zero-order chi connectivity index (χ0) is 10.6. The molecular weight excluding hydrogens is 176 g/mol. The highest BCUT2D eigenvalue weighted by molar-refractivity contribution is 5.83. The average molecular weight is 198 g/mol. The number of rotatable bonds is 5. The van der Waals surface area contributed by atoms with E-state index in [1.165, 1.54) is 19.3 Å². The molecule has 2 unspecified atom stereocenters. The molecule has 0 aliphatic carbocycles. The third-order valence-electron chi connectivity index (χ3n) is 2.90. The van der Waals surface area contributed by atoms with Crippen molar-refractivity contribution >= 4 is 5.91 Å². The summed E-state index contributed by atoms with van der Waals surface area (Å²) in [6.45, 7) is 5.26. The summed E-state index contributed by atoms with van der Waals surface area (Å²) in [6, 6.07) is 0.544. The van der Waals surface area contributed by atoms with Gasteiger partial charge in [-0.1, -0.05) is 19.8 Å². The minimum atomic E-state index is 0.0758. The monoisotopic (exact) mass is 198 g/mol. The first-order chi connectivity index (χ1) is 6.65. The van der Waals surface area contributed by atoms with Crippen molar-refractivity contribution in [2.45, 2.75) is 51.6 Å². The Morgan fingerprint density at radius 1 is 1.64 bits per heavy atom. The lowest BCUT2D eigenvalue weighted by Crippen LogP contribution is -2.41. The van der Waals surface area contributed by atoms with Gasteiger partial charge in [0.15, 0.2) is 0 Å². The minimum absolute atomic E-state index is 0.0758. The van der Waals surface area contributed by atoms with E-state index in [9.17, 15) is 4.79 Å². The normalized spacial score (nSPS) is 24.4. The summed E-state index contributed by atoms with van der Waals surface area (Å²) in [7, 11) is 1.88. The molecule has 1 rings (SSSR count). The van der Waals surface area contributed by atoms with Gasteiger partial charge in [0.25, 0.3) is 0 Å². The van der Waals surface area contributed by atoms with E-state index >= 15 is 0 Å². The molecule has 82 valence electrons. The van der Waals surface area contributed by atoms with Crippen LogP contribution in [0.3, 0.4) is 0 Å². The third-order valence-corrected chi connectivity index (χ3v) is 2.90. The smallest absolute Gasteiger partial charge is 0.239 e. The maximum atomic E-state index is 11.6. The Morgan fingerprint density at radius 2 is 2.36 bits per heavy atom. The van der Waals surface area contributed by atoms with Crippen LogP contribution in [0.1, 0.15) is 39.5 Å². The van der Waals surface area contributed by atoms with Crippen LogP contribution in [0.15, 0.2) is 0 Å². The lowest BCUT2D eigenvalue weighted by Gasteiger charge is -2.18. The summed E-state index contributed by atoms with van der Waals surface area (Å²) < 4.78 is 0. The Bertz CT molecular complexity index is 194. The van der Waals surface area contributed by atoms with Gasteiger partial charge in [-0.25, -0.2) is 0 Å². The van der Waals surface area contributed by atoms with Crippen LogP contribution in [0, 0.1) is 0 Å². The van der Waals surface area contributed by atoms with Crippen molar-refractivity contribution in [3.8, 4) is 0 Å². The molecule has 1 aliphatic heterocycles. The Hall–Kier alpha value is -0.570. The Morgan fingerprint density at radius 3 is 2.86 bits per heavy atom. The van der Waals surface area contributed by atoms with Crippen molar-refractivity contribution in [2.24, 2.45) is 0 Å². The molecule has 0 spiro atoms. The van der Waals surface area contributed by atoms with Gasteiger partial charge >= 0.3 is 0 Å². The molecule has 1 fully saturated rings. The molecule has 1 saturated heterocycles. The van der Waals surface area contributed by atoms with Gasteiger partial charge in [0, 0.05) is 19.6 Å². The number of carbonyl (C=O) groups excluding carboxylic acids is 1. The molecule has 1 heterocycles. The third kappa shape index (κ3) is 2.98. The van der Waals surface area contributed by atoms with Gasteiger partial charge in [0.05, 0.1) is 6.04 Å². The molecule has 14 heavy (non-hydrogen) atoms. The summed E-state index contributed by atoms with van der Waals surface area (Å²) >= 11 is 0. The second-order valence-corrected chi connectivity index (χ2v) is 4.31. The zero-order valence-corrected chi connectivity index (χ0v) is 9.55. The van der Waals surface area contributed by atoms with Gasteiger partial charge in [-0.2, -0.15) is 0 Å². The van der Waals surface area contributed by atoms with Crippen LogP contribution >= 0.6 is 0 Å². The van der Waals surface area contributed by atoms with Crippen molar-refractivity contribution < 1.29 is 4.79 Å².